The van der Waals surface area contributed by atoms with E-state index >= 15 is 0 Å². The summed E-state index contributed by atoms with van der Waals surface area (Å²) in [5, 5.41) is 8.95. The predicted octanol–water partition coefficient (Wildman–Crippen LogP) is 2.81. The van der Waals surface area contributed by atoms with Crippen LogP contribution in [0.4, 0.5) is 0 Å². The van der Waals surface area contributed by atoms with Crippen LogP contribution in [0, 0.1) is 20.8 Å². The van der Waals surface area contributed by atoms with Gasteiger partial charge in [-0.25, -0.2) is 0 Å². The van der Waals surface area contributed by atoms with E-state index in [0.29, 0.717) is 28.3 Å². The Balaban J connectivity index is 2.51. The second-order valence-electron chi connectivity index (χ2n) is 5.35. The summed E-state index contributed by atoms with van der Waals surface area (Å²) in [6.07, 6.45) is -0.178. The highest BCUT2D eigenvalue weighted by molar-refractivity contribution is 6.10. The van der Waals surface area contributed by atoms with Gasteiger partial charge in [0, 0.05) is 16.8 Å². The standard InChI is InChI=1S/C17H19NO4/c1-9-5-6-12(10(2)7-9)16(21)15-17(22-4)11(3)13(18-15)8-14(19)20/h5-7,18H,8H2,1-4H3,(H,19,20). The van der Waals surface area contributed by atoms with Gasteiger partial charge in [-0.1, -0.05) is 23.8 Å². The summed E-state index contributed by atoms with van der Waals surface area (Å²) in [7, 11) is 1.47. The van der Waals surface area contributed by atoms with E-state index < -0.39 is 5.97 Å². The monoisotopic (exact) mass is 301 g/mol. The first-order chi connectivity index (χ1) is 10.3. The summed E-state index contributed by atoms with van der Waals surface area (Å²) in [5.41, 5.74) is 3.96. The number of hydrogen-bond donors (Lipinski definition) is 2. The van der Waals surface area contributed by atoms with E-state index in [1.807, 2.05) is 26.0 Å². The number of aryl methyl sites for hydroxylation is 2. The molecular formula is C17H19NO4. The van der Waals surface area contributed by atoms with Crippen molar-refractivity contribution in [3.63, 3.8) is 0 Å². The molecule has 0 atom stereocenters. The third kappa shape index (κ3) is 2.88. The number of methoxy groups -OCH3 is 1. The van der Waals surface area contributed by atoms with Crippen LogP contribution >= 0.6 is 0 Å². The fourth-order valence-corrected chi connectivity index (χ4v) is 2.57. The molecule has 5 nitrogen and oxygen atoms in total. The van der Waals surface area contributed by atoms with Crippen molar-refractivity contribution in [1.29, 1.82) is 0 Å². The van der Waals surface area contributed by atoms with Crippen LogP contribution in [0.5, 0.6) is 5.75 Å². The molecular weight excluding hydrogens is 282 g/mol. The van der Waals surface area contributed by atoms with Crippen LogP contribution in [0.15, 0.2) is 18.2 Å². The number of hydrogen-bond acceptors (Lipinski definition) is 3. The van der Waals surface area contributed by atoms with Crippen molar-refractivity contribution < 1.29 is 19.4 Å². The highest BCUT2D eigenvalue weighted by Gasteiger charge is 2.23. The van der Waals surface area contributed by atoms with Crippen LogP contribution in [0.25, 0.3) is 0 Å². The molecule has 2 N–H and O–H groups in total. The number of carbonyl (C=O) groups is 2. The van der Waals surface area contributed by atoms with Gasteiger partial charge in [0.05, 0.1) is 13.5 Å². The molecule has 0 saturated heterocycles. The summed E-state index contributed by atoms with van der Waals surface area (Å²) in [6, 6.07) is 5.59. The van der Waals surface area contributed by atoms with Gasteiger partial charge < -0.3 is 14.8 Å². The van der Waals surface area contributed by atoms with Crippen LogP contribution in [0.3, 0.4) is 0 Å². The number of ether oxygens (including phenoxy) is 1. The minimum atomic E-state index is -0.961. The lowest BCUT2D eigenvalue weighted by Crippen LogP contribution is -2.07. The third-order valence-corrected chi connectivity index (χ3v) is 3.68. The Hall–Kier alpha value is -2.56. The van der Waals surface area contributed by atoms with E-state index in [9.17, 15) is 9.59 Å². The molecule has 0 aliphatic rings. The summed E-state index contributed by atoms with van der Waals surface area (Å²) < 4.78 is 5.30. The smallest absolute Gasteiger partial charge is 0.309 e. The number of benzene rings is 1. The van der Waals surface area contributed by atoms with E-state index in [1.165, 1.54) is 7.11 Å². The average Bonchev–Trinajstić information content (AvgIpc) is 2.74. The Labute approximate surface area is 128 Å². The minimum absolute atomic E-state index is 0.178. The molecule has 0 unspecified atom stereocenters. The van der Waals surface area contributed by atoms with Gasteiger partial charge in [0.1, 0.15) is 5.69 Å². The fraction of sp³-hybridized carbons (Fsp3) is 0.294. The van der Waals surface area contributed by atoms with Gasteiger partial charge in [-0.2, -0.15) is 0 Å². The summed E-state index contributed by atoms with van der Waals surface area (Å²) >= 11 is 0. The molecule has 0 amide bonds. The Morgan fingerprint density at radius 3 is 2.45 bits per heavy atom. The summed E-state index contributed by atoms with van der Waals surface area (Å²) in [4.78, 5) is 26.6. The molecule has 1 aromatic heterocycles. The number of aromatic amines is 1. The van der Waals surface area contributed by atoms with Gasteiger partial charge in [-0.05, 0) is 26.3 Å². The number of rotatable bonds is 5. The molecule has 1 heterocycles. The van der Waals surface area contributed by atoms with Crippen LogP contribution in [0.1, 0.15) is 38.4 Å². The van der Waals surface area contributed by atoms with Gasteiger partial charge >= 0.3 is 5.97 Å². The maximum atomic E-state index is 12.8. The Morgan fingerprint density at radius 2 is 1.91 bits per heavy atom. The van der Waals surface area contributed by atoms with Crippen molar-refractivity contribution in [1.82, 2.24) is 4.98 Å². The molecule has 0 spiro atoms. The Bertz CT molecular complexity index is 743. The lowest BCUT2D eigenvalue weighted by atomic mass is 10.00. The van der Waals surface area contributed by atoms with Crippen molar-refractivity contribution >= 4 is 11.8 Å². The van der Waals surface area contributed by atoms with Gasteiger partial charge in [-0.3, -0.25) is 9.59 Å². The van der Waals surface area contributed by atoms with Crippen molar-refractivity contribution in [3.8, 4) is 5.75 Å². The topological polar surface area (TPSA) is 79.4 Å². The zero-order valence-corrected chi connectivity index (χ0v) is 13.1. The number of carboxylic acids is 1. The number of aliphatic carboxylic acids is 1. The average molecular weight is 301 g/mol. The number of carboxylic acid groups (broad SMARTS) is 1. The molecule has 0 fully saturated rings. The number of carbonyl (C=O) groups excluding carboxylic acids is 1. The minimum Gasteiger partial charge on any atom is -0.494 e. The maximum absolute atomic E-state index is 12.8. The first-order valence-corrected chi connectivity index (χ1v) is 6.94. The van der Waals surface area contributed by atoms with Crippen LogP contribution < -0.4 is 4.74 Å². The van der Waals surface area contributed by atoms with E-state index in [4.69, 9.17) is 9.84 Å². The number of H-pyrrole nitrogens is 1. The largest absolute Gasteiger partial charge is 0.494 e. The summed E-state index contributed by atoms with van der Waals surface area (Å²) in [5.74, 6) is -0.757. The lowest BCUT2D eigenvalue weighted by Gasteiger charge is -2.07. The molecule has 0 saturated carbocycles. The van der Waals surface area contributed by atoms with Gasteiger partial charge in [0.2, 0.25) is 5.78 Å². The fourth-order valence-electron chi connectivity index (χ4n) is 2.57. The molecule has 2 rings (SSSR count). The molecule has 0 aliphatic heterocycles. The van der Waals surface area contributed by atoms with Crippen molar-refractivity contribution in [3.05, 3.63) is 51.8 Å². The van der Waals surface area contributed by atoms with Crippen molar-refractivity contribution in [2.45, 2.75) is 27.2 Å². The zero-order valence-electron chi connectivity index (χ0n) is 13.1. The van der Waals surface area contributed by atoms with Crippen LogP contribution in [-0.2, 0) is 11.2 Å². The highest BCUT2D eigenvalue weighted by atomic mass is 16.5. The number of aromatic nitrogens is 1. The Morgan fingerprint density at radius 1 is 1.23 bits per heavy atom. The molecule has 0 bridgehead atoms. The Kier molecular flexibility index (Phi) is 4.35. The normalized spacial score (nSPS) is 10.5. The van der Waals surface area contributed by atoms with E-state index in [-0.39, 0.29) is 12.2 Å². The molecule has 22 heavy (non-hydrogen) atoms. The predicted molar refractivity (Wildman–Crippen MR) is 82.8 cm³/mol. The number of nitrogens with one attached hydrogen (secondary N) is 1. The molecule has 0 aliphatic carbocycles. The van der Waals surface area contributed by atoms with E-state index in [1.54, 1.807) is 13.0 Å². The summed E-state index contributed by atoms with van der Waals surface area (Å²) in [6.45, 7) is 5.58. The molecule has 5 heteroatoms. The second-order valence-corrected chi connectivity index (χ2v) is 5.35. The van der Waals surface area contributed by atoms with E-state index in [2.05, 4.69) is 4.98 Å². The van der Waals surface area contributed by atoms with E-state index in [0.717, 1.165) is 11.1 Å². The first kappa shape index (κ1) is 15.8. The van der Waals surface area contributed by atoms with Crippen molar-refractivity contribution in [2.24, 2.45) is 0 Å². The van der Waals surface area contributed by atoms with Crippen LogP contribution in [-0.4, -0.2) is 29.0 Å². The van der Waals surface area contributed by atoms with Gasteiger partial charge in [0.25, 0.3) is 0 Å². The molecule has 116 valence electrons. The third-order valence-electron chi connectivity index (χ3n) is 3.68. The lowest BCUT2D eigenvalue weighted by molar-refractivity contribution is -0.136. The molecule has 0 radical (unpaired) electrons. The van der Waals surface area contributed by atoms with Crippen molar-refractivity contribution in [2.75, 3.05) is 7.11 Å². The highest BCUT2D eigenvalue weighted by Crippen LogP contribution is 2.29. The SMILES string of the molecule is COc1c(C(=O)c2ccc(C)cc2C)[nH]c(CC(=O)O)c1C. The molecule has 1 aromatic carbocycles. The van der Waals surface area contributed by atoms with Gasteiger partial charge in [-0.15, -0.1) is 0 Å². The van der Waals surface area contributed by atoms with Crippen LogP contribution in [0.2, 0.25) is 0 Å². The maximum Gasteiger partial charge on any atom is 0.309 e. The second kappa shape index (κ2) is 6.05. The quantitative estimate of drug-likeness (QED) is 0.832. The molecule has 2 aromatic rings. The first-order valence-electron chi connectivity index (χ1n) is 6.94. The van der Waals surface area contributed by atoms with Gasteiger partial charge in [0.15, 0.2) is 5.75 Å². The number of ketones is 1. The zero-order chi connectivity index (χ0) is 16.4.